The van der Waals surface area contributed by atoms with Crippen molar-refractivity contribution in [2.45, 2.75) is 19.5 Å². The molecule has 0 unspecified atom stereocenters. The van der Waals surface area contributed by atoms with Gasteiger partial charge >= 0.3 is 0 Å². The molecule has 0 spiro atoms. The molecule has 2 aromatic heterocycles. The fraction of sp³-hybridized carbons (Fsp3) is 0.160. The van der Waals surface area contributed by atoms with Gasteiger partial charge in [-0.25, -0.2) is 9.97 Å². The second-order valence-corrected chi connectivity index (χ2v) is 9.01. The van der Waals surface area contributed by atoms with E-state index in [9.17, 15) is 0 Å². The van der Waals surface area contributed by atoms with Gasteiger partial charge in [-0.1, -0.05) is 53.0 Å². The molecule has 0 saturated heterocycles. The predicted octanol–water partition coefficient (Wildman–Crippen LogP) is 6.72. The zero-order valence-electron chi connectivity index (χ0n) is 17.1. The number of nitrogens with zero attached hydrogens (tertiary/aromatic N) is 4. The van der Waals surface area contributed by atoms with Crippen LogP contribution in [0.3, 0.4) is 0 Å². The van der Waals surface area contributed by atoms with Gasteiger partial charge in [-0.15, -0.1) is 0 Å². The minimum absolute atomic E-state index is 0.528. The van der Waals surface area contributed by atoms with E-state index >= 15 is 0 Å². The monoisotopic (exact) mass is 480 g/mol. The number of rotatable bonds is 4. The van der Waals surface area contributed by atoms with Crippen molar-refractivity contribution >= 4 is 34.8 Å². The van der Waals surface area contributed by atoms with E-state index < -0.39 is 0 Å². The number of hydrogen-bond acceptors (Lipinski definition) is 4. The molecule has 1 aliphatic heterocycles. The van der Waals surface area contributed by atoms with Gasteiger partial charge in [0.15, 0.2) is 5.82 Å². The van der Waals surface area contributed by atoms with Crippen molar-refractivity contribution in [2.24, 2.45) is 0 Å². The molecule has 32 heavy (non-hydrogen) atoms. The smallest absolute Gasteiger partial charge is 0.159 e. The van der Waals surface area contributed by atoms with Crippen LogP contribution < -0.4 is 0 Å². The summed E-state index contributed by atoms with van der Waals surface area (Å²) in [4.78, 5) is 16.4. The van der Waals surface area contributed by atoms with Crippen molar-refractivity contribution in [3.8, 4) is 22.6 Å². The Morgan fingerprint density at radius 3 is 2.50 bits per heavy atom. The molecule has 0 atom stereocenters. The highest BCUT2D eigenvalue weighted by Crippen LogP contribution is 2.32. The first-order valence-electron chi connectivity index (χ1n) is 10.3. The van der Waals surface area contributed by atoms with Crippen molar-refractivity contribution in [3.05, 3.63) is 98.9 Å². The Hall–Kier alpha value is -2.50. The molecule has 1 aliphatic rings. The lowest BCUT2D eigenvalue weighted by Crippen LogP contribution is -2.31. The van der Waals surface area contributed by atoms with Gasteiger partial charge in [0.25, 0.3) is 0 Å². The number of halogens is 3. The molecule has 4 aromatic rings. The topological polar surface area (TPSA) is 41.9 Å². The molecule has 160 valence electrons. The van der Waals surface area contributed by atoms with E-state index in [1.165, 1.54) is 5.56 Å². The summed E-state index contributed by atoms with van der Waals surface area (Å²) in [7, 11) is 0. The molecule has 0 fully saturated rings. The summed E-state index contributed by atoms with van der Waals surface area (Å²) in [5.74, 6) is 0.744. The van der Waals surface area contributed by atoms with E-state index in [-0.39, 0.29) is 0 Å². The van der Waals surface area contributed by atoms with Crippen molar-refractivity contribution in [1.29, 1.82) is 0 Å². The van der Waals surface area contributed by atoms with E-state index in [0.29, 0.717) is 15.1 Å². The number of fused-ring (bicyclic) bond motifs is 1. The largest absolute Gasteiger partial charge is 0.294 e. The van der Waals surface area contributed by atoms with Gasteiger partial charge in [0, 0.05) is 60.2 Å². The van der Waals surface area contributed by atoms with E-state index in [1.54, 1.807) is 6.07 Å². The Balaban J connectivity index is 1.28. The molecule has 5 rings (SSSR count). The Kier molecular flexibility index (Phi) is 6.11. The summed E-state index contributed by atoms with van der Waals surface area (Å²) in [6.07, 6.45) is 4.74. The summed E-state index contributed by atoms with van der Waals surface area (Å²) < 4.78 is 0. The molecule has 0 N–H and O–H groups in total. The van der Waals surface area contributed by atoms with Crippen molar-refractivity contribution in [3.63, 3.8) is 0 Å². The fourth-order valence-electron chi connectivity index (χ4n) is 3.88. The molecule has 0 saturated carbocycles. The van der Waals surface area contributed by atoms with E-state index in [1.807, 2.05) is 54.9 Å². The molecule has 0 bridgehead atoms. The van der Waals surface area contributed by atoms with Crippen LogP contribution >= 0.6 is 34.8 Å². The maximum absolute atomic E-state index is 6.33. The van der Waals surface area contributed by atoms with Crippen LogP contribution in [0.1, 0.15) is 16.8 Å². The fourth-order valence-corrected chi connectivity index (χ4v) is 4.41. The van der Waals surface area contributed by atoms with Gasteiger partial charge in [-0.3, -0.25) is 9.88 Å². The van der Waals surface area contributed by atoms with Crippen LogP contribution in [0.5, 0.6) is 0 Å². The molecule has 4 nitrogen and oxygen atoms in total. The molecule has 0 radical (unpaired) electrons. The Morgan fingerprint density at radius 2 is 1.72 bits per heavy atom. The molecule has 0 amide bonds. The number of pyridine rings is 1. The standard InChI is InChI=1S/C25H19Cl3N4/c26-19-7-5-17(6-8-19)25-30-13-18-15-32(11-10-22(18)31-25)14-16-4-9-23(29-12-16)20-2-1-3-21(27)24(20)28/h1-9,12-13H,10-11,14-15H2. The third-order valence-electron chi connectivity index (χ3n) is 5.57. The molecule has 3 heterocycles. The van der Waals surface area contributed by atoms with Gasteiger partial charge in [0.1, 0.15) is 0 Å². The Labute approximate surface area is 201 Å². The quantitative estimate of drug-likeness (QED) is 0.324. The summed E-state index contributed by atoms with van der Waals surface area (Å²) in [5, 5.41) is 1.77. The normalized spacial score (nSPS) is 13.7. The predicted molar refractivity (Wildman–Crippen MR) is 130 cm³/mol. The summed E-state index contributed by atoms with van der Waals surface area (Å²) in [6, 6.07) is 17.3. The first kappa shape index (κ1) is 21.4. The third-order valence-corrected chi connectivity index (χ3v) is 6.64. The average Bonchev–Trinajstić information content (AvgIpc) is 2.82. The van der Waals surface area contributed by atoms with Gasteiger partial charge < -0.3 is 0 Å². The first-order valence-corrected chi connectivity index (χ1v) is 11.4. The zero-order valence-corrected chi connectivity index (χ0v) is 19.4. The lowest BCUT2D eigenvalue weighted by Gasteiger charge is -2.28. The highest BCUT2D eigenvalue weighted by atomic mass is 35.5. The average molecular weight is 482 g/mol. The third kappa shape index (κ3) is 4.50. The second-order valence-electron chi connectivity index (χ2n) is 7.79. The molecular weight excluding hydrogens is 463 g/mol. The van der Waals surface area contributed by atoms with Crippen LogP contribution in [0, 0.1) is 0 Å². The van der Waals surface area contributed by atoms with E-state index in [0.717, 1.165) is 60.0 Å². The Bertz CT molecular complexity index is 1260. The summed E-state index contributed by atoms with van der Waals surface area (Å²) in [5.41, 5.74) is 6.06. The van der Waals surface area contributed by atoms with Crippen molar-refractivity contribution < 1.29 is 0 Å². The maximum Gasteiger partial charge on any atom is 0.159 e. The van der Waals surface area contributed by atoms with E-state index in [4.69, 9.17) is 39.8 Å². The van der Waals surface area contributed by atoms with Crippen molar-refractivity contribution in [2.75, 3.05) is 6.54 Å². The van der Waals surface area contributed by atoms with Gasteiger partial charge in [-0.2, -0.15) is 0 Å². The van der Waals surface area contributed by atoms with Gasteiger partial charge in [-0.05, 0) is 42.0 Å². The summed E-state index contributed by atoms with van der Waals surface area (Å²) >= 11 is 18.5. The Morgan fingerprint density at radius 1 is 0.875 bits per heavy atom. The zero-order chi connectivity index (χ0) is 22.1. The molecule has 0 aliphatic carbocycles. The van der Waals surface area contributed by atoms with Crippen LogP contribution in [0.15, 0.2) is 67.0 Å². The highest BCUT2D eigenvalue weighted by Gasteiger charge is 2.19. The number of benzene rings is 2. The van der Waals surface area contributed by atoms with Crippen LogP contribution in [0.4, 0.5) is 0 Å². The molecule has 7 heteroatoms. The van der Waals surface area contributed by atoms with Crippen LogP contribution in [-0.2, 0) is 19.5 Å². The molecule has 2 aromatic carbocycles. The highest BCUT2D eigenvalue weighted by molar-refractivity contribution is 6.43. The van der Waals surface area contributed by atoms with E-state index in [2.05, 4.69) is 20.9 Å². The lowest BCUT2D eigenvalue weighted by atomic mass is 10.1. The van der Waals surface area contributed by atoms with Gasteiger partial charge in [0.2, 0.25) is 0 Å². The SMILES string of the molecule is Clc1ccc(-c2ncc3c(n2)CCN(Cc2ccc(-c4cccc(Cl)c4Cl)nc2)C3)cc1. The van der Waals surface area contributed by atoms with Crippen LogP contribution in [0.25, 0.3) is 22.6 Å². The molecular formula is C25H19Cl3N4. The number of hydrogen-bond donors (Lipinski definition) is 0. The minimum Gasteiger partial charge on any atom is -0.294 e. The van der Waals surface area contributed by atoms with Crippen LogP contribution in [0.2, 0.25) is 15.1 Å². The summed E-state index contributed by atoms with van der Waals surface area (Å²) in [6.45, 7) is 2.57. The van der Waals surface area contributed by atoms with Gasteiger partial charge in [0.05, 0.1) is 21.4 Å². The second kappa shape index (κ2) is 9.16. The lowest BCUT2D eigenvalue weighted by molar-refractivity contribution is 0.242. The van der Waals surface area contributed by atoms with Crippen molar-refractivity contribution in [1.82, 2.24) is 19.9 Å². The minimum atomic E-state index is 0.528. The van der Waals surface area contributed by atoms with Crippen LogP contribution in [-0.4, -0.2) is 26.4 Å². The first-order chi connectivity index (χ1) is 15.6. The number of aromatic nitrogens is 3. The maximum atomic E-state index is 6.33.